The third-order valence-electron chi connectivity index (χ3n) is 3.54. The zero-order valence-corrected chi connectivity index (χ0v) is 12.4. The number of carboxylic acids is 1. The third-order valence-corrected chi connectivity index (χ3v) is 4.49. The molecule has 0 aromatic carbocycles. The molecule has 112 valence electrons. The van der Waals surface area contributed by atoms with E-state index in [1.54, 1.807) is 18.9 Å². The molecule has 7 nitrogen and oxygen atoms in total. The lowest BCUT2D eigenvalue weighted by molar-refractivity contribution is -0.136. The first-order valence-electron chi connectivity index (χ1n) is 6.81. The summed E-state index contributed by atoms with van der Waals surface area (Å²) in [6, 6.07) is 0.193. The maximum Gasteiger partial charge on any atom is 0.304 e. The number of methoxy groups -OCH3 is 1. The van der Waals surface area contributed by atoms with Gasteiger partial charge in [-0.2, -0.15) is 11.8 Å². The summed E-state index contributed by atoms with van der Waals surface area (Å²) in [7, 11) is 1.73. The van der Waals surface area contributed by atoms with Crippen LogP contribution in [-0.4, -0.2) is 50.2 Å². The van der Waals surface area contributed by atoms with E-state index < -0.39 is 5.97 Å². The molecule has 1 heterocycles. The molecule has 1 N–H and O–H groups in total. The van der Waals surface area contributed by atoms with Gasteiger partial charge < -0.3 is 9.84 Å². The zero-order chi connectivity index (χ0) is 14.4. The minimum absolute atomic E-state index is 0.162. The molecular formula is C12H20N4O3S. The van der Waals surface area contributed by atoms with Crippen molar-refractivity contribution >= 4 is 17.7 Å². The molecule has 0 radical (unpaired) electrons. The first-order valence-corrected chi connectivity index (χ1v) is 7.97. The summed E-state index contributed by atoms with van der Waals surface area (Å²) in [4.78, 5) is 10.5. The Morgan fingerprint density at radius 1 is 1.50 bits per heavy atom. The lowest BCUT2D eigenvalue weighted by Crippen LogP contribution is -2.31. The molecule has 2 rings (SSSR count). The number of rotatable bonds is 7. The predicted octanol–water partition coefficient (Wildman–Crippen LogP) is 1.51. The molecule has 1 aromatic heterocycles. The van der Waals surface area contributed by atoms with Gasteiger partial charge in [0.2, 0.25) is 0 Å². The van der Waals surface area contributed by atoms with Crippen molar-refractivity contribution in [2.75, 3.05) is 12.9 Å². The van der Waals surface area contributed by atoms with Crippen molar-refractivity contribution in [3.05, 3.63) is 5.82 Å². The van der Waals surface area contributed by atoms with E-state index in [1.807, 2.05) is 4.68 Å². The van der Waals surface area contributed by atoms with Gasteiger partial charge in [-0.15, -0.1) is 5.10 Å². The van der Waals surface area contributed by atoms with Crippen LogP contribution in [0.25, 0.3) is 0 Å². The number of tetrazole rings is 1. The number of carboxylic acid groups (broad SMARTS) is 1. The maximum atomic E-state index is 10.5. The van der Waals surface area contributed by atoms with E-state index in [0.717, 1.165) is 25.1 Å². The SMILES string of the molecule is COC1CCCCC1n1nnnc1CSCCC(=O)O. The van der Waals surface area contributed by atoms with E-state index in [-0.39, 0.29) is 18.6 Å². The van der Waals surface area contributed by atoms with Gasteiger partial charge in [0.15, 0.2) is 5.82 Å². The Bertz CT molecular complexity index is 440. The van der Waals surface area contributed by atoms with E-state index in [2.05, 4.69) is 15.5 Å². The van der Waals surface area contributed by atoms with E-state index in [0.29, 0.717) is 11.5 Å². The van der Waals surface area contributed by atoms with Crippen molar-refractivity contribution in [3.63, 3.8) is 0 Å². The predicted molar refractivity (Wildman–Crippen MR) is 74.5 cm³/mol. The van der Waals surface area contributed by atoms with Gasteiger partial charge in [-0.1, -0.05) is 12.8 Å². The average Bonchev–Trinajstić information content (AvgIpc) is 2.91. The fraction of sp³-hybridized carbons (Fsp3) is 0.833. The van der Waals surface area contributed by atoms with Crippen molar-refractivity contribution in [3.8, 4) is 0 Å². The van der Waals surface area contributed by atoms with Crippen molar-refractivity contribution in [2.24, 2.45) is 0 Å². The second-order valence-corrected chi connectivity index (χ2v) is 5.97. The Balaban J connectivity index is 1.94. The normalized spacial score (nSPS) is 22.9. The number of carbonyl (C=O) groups is 1. The van der Waals surface area contributed by atoms with Gasteiger partial charge in [-0.05, 0) is 23.3 Å². The number of nitrogens with zero attached hydrogens (tertiary/aromatic N) is 4. The largest absolute Gasteiger partial charge is 0.481 e. The van der Waals surface area contributed by atoms with Crippen LogP contribution in [0, 0.1) is 0 Å². The average molecular weight is 300 g/mol. The van der Waals surface area contributed by atoms with Gasteiger partial charge in [0.1, 0.15) is 0 Å². The van der Waals surface area contributed by atoms with Crippen LogP contribution in [0.4, 0.5) is 0 Å². The highest BCUT2D eigenvalue weighted by Crippen LogP contribution is 2.31. The molecule has 1 aliphatic carbocycles. The van der Waals surface area contributed by atoms with Gasteiger partial charge in [0.25, 0.3) is 0 Å². The topological polar surface area (TPSA) is 90.1 Å². The Morgan fingerprint density at radius 2 is 2.30 bits per heavy atom. The molecule has 1 saturated carbocycles. The summed E-state index contributed by atoms with van der Waals surface area (Å²) < 4.78 is 7.40. The van der Waals surface area contributed by atoms with Crippen LogP contribution in [0.5, 0.6) is 0 Å². The maximum absolute atomic E-state index is 10.5. The zero-order valence-electron chi connectivity index (χ0n) is 11.6. The molecule has 1 aliphatic rings. The van der Waals surface area contributed by atoms with E-state index in [1.165, 1.54) is 6.42 Å². The molecule has 0 spiro atoms. The second-order valence-electron chi connectivity index (χ2n) is 4.86. The number of ether oxygens (including phenoxy) is 1. The molecule has 20 heavy (non-hydrogen) atoms. The van der Waals surface area contributed by atoms with E-state index in [4.69, 9.17) is 9.84 Å². The first-order chi connectivity index (χ1) is 9.72. The number of aromatic nitrogens is 4. The molecule has 0 saturated heterocycles. The molecule has 2 atom stereocenters. The smallest absolute Gasteiger partial charge is 0.304 e. The summed E-state index contributed by atoms with van der Waals surface area (Å²) in [5.41, 5.74) is 0. The minimum Gasteiger partial charge on any atom is -0.481 e. The number of thioether (sulfide) groups is 1. The van der Waals surface area contributed by atoms with Gasteiger partial charge in [0.05, 0.1) is 24.3 Å². The monoisotopic (exact) mass is 300 g/mol. The van der Waals surface area contributed by atoms with Crippen LogP contribution in [-0.2, 0) is 15.3 Å². The molecule has 2 unspecified atom stereocenters. The Morgan fingerprint density at radius 3 is 3.05 bits per heavy atom. The summed E-state index contributed by atoms with van der Waals surface area (Å²) >= 11 is 1.54. The van der Waals surface area contributed by atoms with Crippen molar-refractivity contribution in [1.82, 2.24) is 20.2 Å². The van der Waals surface area contributed by atoms with Crippen LogP contribution in [0.3, 0.4) is 0 Å². The molecule has 0 amide bonds. The van der Waals surface area contributed by atoms with Gasteiger partial charge in [-0.3, -0.25) is 4.79 Å². The van der Waals surface area contributed by atoms with E-state index >= 15 is 0 Å². The van der Waals surface area contributed by atoms with Crippen LogP contribution in [0.1, 0.15) is 44.0 Å². The van der Waals surface area contributed by atoms with Crippen molar-refractivity contribution in [1.29, 1.82) is 0 Å². The molecular weight excluding hydrogens is 280 g/mol. The lowest BCUT2D eigenvalue weighted by atomic mass is 9.92. The highest BCUT2D eigenvalue weighted by molar-refractivity contribution is 7.98. The van der Waals surface area contributed by atoms with Crippen molar-refractivity contribution < 1.29 is 14.6 Å². The highest BCUT2D eigenvalue weighted by Gasteiger charge is 2.29. The molecule has 1 aromatic rings. The van der Waals surface area contributed by atoms with Gasteiger partial charge in [0, 0.05) is 12.9 Å². The van der Waals surface area contributed by atoms with Crippen molar-refractivity contribution in [2.45, 2.75) is 50.0 Å². The van der Waals surface area contributed by atoms with Crippen LogP contribution < -0.4 is 0 Å². The number of hydrogen-bond acceptors (Lipinski definition) is 6. The van der Waals surface area contributed by atoms with Gasteiger partial charge >= 0.3 is 5.97 Å². The van der Waals surface area contributed by atoms with Crippen LogP contribution >= 0.6 is 11.8 Å². The Hall–Kier alpha value is -1.15. The fourth-order valence-electron chi connectivity index (χ4n) is 2.52. The molecule has 0 aliphatic heterocycles. The minimum atomic E-state index is -0.774. The molecule has 1 fully saturated rings. The van der Waals surface area contributed by atoms with Crippen LogP contribution in [0.2, 0.25) is 0 Å². The second kappa shape index (κ2) is 7.58. The Labute approximate surface area is 122 Å². The summed E-state index contributed by atoms with van der Waals surface area (Å²) in [5, 5.41) is 20.5. The lowest BCUT2D eigenvalue weighted by Gasteiger charge is -2.30. The van der Waals surface area contributed by atoms with Crippen LogP contribution in [0.15, 0.2) is 0 Å². The number of hydrogen-bond donors (Lipinski definition) is 1. The van der Waals surface area contributed by atoms with E-state index in [9.17, 15) is 4.79 Å². The Kier molecular flexibility index (Phi) is 5.78. The highest BCUT2D eigenvalue weighted by atomic mass is 32.2. The summed E-state index contributed by atoms with van der Waals surface area (Å²) in [6.45, 7) is 0. The summed E-state index contributed by atoms with van der Waals surface area (Å²) in [6.07, 6.45) is 4.73. The first kappa shape index (κ1) is 15.2. The van der Waals surface area contributed by atoms with Gasteiger partial charge in [-0.25, -0.2) is 4.68 Å². The number of aliphatic carboxylic acids is 1. The quantitative estimate of drug-likeness (QED) is 0.763. The third kappa shape index (κ3) is 3.92. The fourth-order valence-corrected chi connectivity index (χ4v) is 3.36. The standard InChI is InChI=1S/C12H20N4O3S/c1-19-10-5-3-2-4-9(10)16-11(13-14-15-16)8-20-7-6-12(17)18/h9-10H,2-8H2,1H3,(H,17,18). The molecule has 8 heteroatoms. The summed E-state index contributed by atoms with van der Waals surface area (Å²) in [5.74, 6) is 1.23. The molecule has 0 bridgehead atoms.